The van der Waals surface area contributed by atoms with Crippen LogP contribution in [0.15, 0.2) is 52.4 Å². The van der Waals surface area contributed by atoms with Crippen molar-refractivity contribution in [3.8, 4) is 0 Å². The number of rotatable bonds is 4. The third-order valence-corrected chi connectivity index (χ3v) is 5.72. The number of amides is 1. The van der Waals surface area contributed by atoms with E-state index in [1.165, 1.54) is 16.3 Å². The first-order chi connectivity index (χ1) is 13.4. The molecule has 0 atom stereocenters. The molecule has 142 valence electrons. The van der Waals surface area contributed by atoms with Gasteiger partial charge in [0.05, 0.1) is 5.75 Å². The third-order valence-electron chi connectivity index (χ3n) is 4.69. The molecule has 0 saturated heterocycles. The molecule has 0 saturated carbocycles. The van der Waals surface area contributed by atoms with Crippen LogP contribution in [0.4, 0.5) is 5.69 Å². The van der Waals surface area contributed by atoms with E-state index in [-0.39, 0.29) is 17.2 Å². The van der Waals surface area contributed by atoms with Crippen LogP contribution in [-0.2, 0) is 11.8 Å². The fourth-order valence-corrected chi connectivity index (χ4v) is 3.90. The number of thioether (sulfide) groups is 1. The summed E-state index contributed by atoms with van der Waals surface area (Å²) in [5.74, 6) is 0.0357. The minimum Gasteiger partial charge on any atom is -0.349 e. The van der Waals surface area contributed by atoms with Gasteiger partial charge in [-0.05, 0) is 37.1 Å². The monoisotopic (exact) mass is 392 g/mol. The Kier molecular flexibility index (Phi) is 4.68. The van der Waals surface area contributed by atoms with E-state index in [1.807, 2.05) is 56.3 Å². The van der Waals surface area contributed by atoms with Crippen LogP contribution in [0.25, 0.3) is 21.9 Å². The second kappa shape index (κ2) is 7.16. The van der Waals surface area contributed by atoms with Crippen LogP contribution in [0, 0.1) is 13.8 Å². The quantitative estimate of drug-likeness (QED) is 0.409. The summed E-state index contributed by atoms with van der Waals surface area (Å²) in [6, 6.07) is 13.6. The number of aromatic nitrogens is 3. The zero-order valence-corrected chi connectivity index (χ0v) is 16.7. The number of H-pyrrole nitrogens is 1. The topological polar surface area (TPSA) is 79.8 Å². The number of nitrogens with one attached hydrogen (secondary N) is 2. The van der Waals surface area contributed by atoms with Gasteiger partial charge in [-0.15, -0.1) is 0 Å². The molecule has 2 aromatic heterocycles. The summed E-state index contributed by atoms with van der Waals surface area (Å²) >= 11 is 1.25. The van der Waals surface area contributed by atoms with Crippen molar-refractivity contribution in [1.29, 1.82) is 0 Å². The van der Waals surface area contributed by atoms with Gasteiger partial charge in [-0.1, -0.05) is 42.1 Å². The highest BCUT2D eigenvalue weighted by Crippen LogP contribution is 2.24. The van der Waals surface area contributed by atoms with Crippen molar-refractivity contribution in [3.63, 3.8) is 0 Å². The molecule has 0 fully saturated rings. The molecule has 2 heterocycles. The van der Waals surface area contributed by atoms with Crippen LogP contribution in [0.1, 0.15) is 11.1 Å². The van der Waals surface area contributed by atoms with Crippen molar-refractivity contribution in [2.24, 2.45) is 7.05 Å². The van der Waals surface area contributed by atoms with Gasteiger partial charge in [0.15, 0.2) is 5.16 Å². The number of carbonyl (C=O) groups excluding carboxylic acids is 1. The Bertz CT molecular complexity index is 1270. The normalized spacial score (nSPS) is 11.2. The van der Waals surface area contributed by atoms with E-state index in [2.05, 4.69) is 15.3 Å². The average molecular weight is 392 g/mol. The summed E-state index contributed by atoms with van der Waals surface area (Å²) in [5.41, 5.74) is 4.73. The van der Waals surface area contributed by atoms with Crippen molar-refractivity contribution in [3.05, 3.63) is 63.9 Å². The summed E-state index contributed by atoms with van der Waals surface area (Å²) < 4.78 is 1.48. The van der Waals surface area contributed by atoms with Crippen LogP contribution < -0.4 is 10.9 Å². The lowest BCUT2D eigenvalue weighted by atomic mass is 10.1. The number of aryl methyl sites for hydroxylation is 2. The van der Waals surface area contributed by atoms with E-state index in [1.54, 1.807) is 7.05 Å². The molecule has 4 aromatic rings. The Labute approximate surface area is 166 Å². The van der Waals surface area contributed by atoms with Gasteiger partial charge in [0.25, 0.3) is 5.56 Å². The molecule has 2 N–H and O–H groups in total. The molecular weight excluding hydrogens is 372 g/mol. The third kappa shape index (κ3) is 3.29. The summed E-state index contributed by atoms with van der Waals surface area (Å²) in [6.07, 6.45) is 0. The Balaban J connectivity index is 1.60. The fraction of sp³-hybridized carbons (Fsp3) is 0.190. The molecule has 0 bridgehead atoms. The summed E-state index contributed by atoms with van der Waals surface area (Å²) in [6.45, 7) is 3.94. The molecule has 0 aliphatic heterocycles. The van der Waals surface area contributed by atoms with E-state index < -0.39 is 0 Å². The van der Waals surface area contributed by atoms with Gasteiger partial charge in [-0.25, -0.2) is 4.98 Å². The van der Waals surface area contributed by atoms with E-state index in [9.17, 15) is 9.59 Å². The average Bonchev–Trinajstić information content (AvgIpc) is 3.05. The molecule has 2 aromatic carbocycles. The molecule has 28 heavy (non-hydrogen) atoms. The van der Waals surface area contributed by atoms with Crippen LogP contribution in [-0.4, -0.2) is 26.2 Å². The van der Waals surface area contributed by atoms with Gasteiger partial charge in [0.1, 0.15) is 11.0 Å². The standard InChI is InChI=1S/C21H20N4O2S/c1-12-8-9-13(2)16(10-12)22-17(26)11-28-21-24-18-14-6-4-5-7-15(14)23-19(18)20(27)25(21)3/h4-10,23H,11H2,1-3H3,(H,22,26). The lowest BCUT2D eigenvalue weighted by Gasteiger charge is -2.10. The number of carbonyl (C=O) groups is 1. The Morgan fingerprint density at radius 2 is 2.00 bits per heavy atom. The van der Waals surface area contributed by atoms with Gasteiger partial charge in [-0.3, -0.25) is 14.2 Å². The van der Waals surface area contributed by atoms with Crippen LogP contribution >= 0.6 is 11.8 Å². The fourth-order valence-electron chi connectivity index (χ4n) is 3.14. The first kappa shape index (κ1) is 18.3. The van der Waals surface area contributed by atoms with Gasteiger partial charge in [-0.2, -0.15) is 0 Å². The molecule has 7 heteroatoms. The largest absolute Gasteiger partial charge is 0.349 e. The Morgan fingerprint density at radius 1 is 1.21 bits per heavy atom. The van der Waals surface area contributed by atoms with Crippen molar-refractivity contribution < 1.29 is 4.79 Å². The Hall–Kier alpha value is -3.06. The summed E-state index contributed by atoms with van der Waals surface area (Å²) in [4.78, 5) is 32.9. The number of anilines is 1. The highest BCUT2D eigenvalue weighted by Gasteiger charge is 2.15. The molecule has 4 rings (SSSR count). The Morgan fingerprint density at radius 3 is 2.82 bits per heavy atom. The highest BCUT2D eigenvalue weighted by atomic mass is 32.2. The number of benzene rings is 2. The first-order valence-electron chi connectivity index (χ1n) is 8.91. The second-order valence-corrected chi connectivity index (χ2v) is 7.75. The molecule has 1 amide bonds. The van der Waals surface area contributed by atoms with Crippen LogP contribution in [0.2, 0.25) is 0 Å². The predicted molar refractivity (Wildman–Crippen MR) is 114 cm³/mol. The molecule has 0 aliphatic rings. The van der Waals surface area contributed by atoms with Crippen molar-refractivity contribution in [2.45, 2.75) is 19.0 Å². The number of aromatic amines is 1. The first-order valence-corrected chi connectivity index (χ1v) is 9.90. The molecule has 0 spiro atoms. The summed E-state index contributed by atoms with van der Waals surface area (Å²) in [5, 5.41) is 4.35. The highest BCUT2D eigenvalue weighted by molar-refractivity contribution is 7.99. The lowest BCUT2D eigenvalue weighted by Crippen LogP contribution is -2.21. The van der Waals surface area contributed by atoms with Crippen molar-refractivity contribution in [2.75, 3.05) is 11.1 Å². The zero-order valence-electron chi connectivity index (χ0n) is 15.9. The van der Waals surface area contributed by atoms with Gasteiger partial charge < -0.3 is 10.3 Å². The van der Waals surface area contributed by atoms with E-state index in [0.717, 1.165) is 27.7 Å². The van der Waals surface area contributed by atoms with Gasteiger partial charge >= 0.3 is 0 Å². The molecule has 6 nitrogen and oxygen atoms in total. The van der Waals surface area contributed by atoms with E-state index in [4.69, 9.17) is 0 Å². The molecule has 0 aliphatic carbocycles. The van der Waals surface area contributed by atoms with Gasteiger partial charge in [0, 0.05) is 23.6 Å². The maximum absolute atomic E-state index is 12.7. The maximum atomic E-state index is 12.7. The van der Waals surface area contributed by atoms with Crippen molar-refractivity contribution in [1.82, 2.24) is 14.5 Å². The predicted octanol–water partition coefficient (Wildman–Crippen LogP) is 3.76. The summed E-state index contributed by atoms with van der Waals surface area (Å²) in [7, 11) is 1.67. The molecule has 0 unspecified atom stereocenters. The van der Waals surface area contributed by atoms with Crippen LogP contribution in [0.5, 0.6) is 0 Å². The molecule has 0 radical (unpaired) electrons. The number of hydrogen-bond donors (Lipinski definition) is 2. The van der Waals surface area contributed by atoms with Gasteiger partial charge in [0.2, 0.25) is 5.91 Å². The maximum Gasteiger partial charge on any atom is 0.278 e. The van der Waals surface area contributed by atoms with E-state index in [0.29, 0.717) is 16.2 Å². The van der Waals surface area contributed by atoms with Crippen molar-refractivity contribution >= 4 is 45.3 Å². The number of fused-ring (bicyclic) bond motifs is 3. The molecular formula is C21H20N4O2S. The second-order valence-electron chi connectivity index (χ2n) is 6.81. The zero-order chi connectivity index (χ0) is 19.8. The number of para-hydroxylation sites is 1. The minimum atomic E-state index is -0.154. The SMILES string of the molecule is Cc1ccc(C)c(NC(=O)CSc2nc3c([nH]c4ccccc43)c(=O)n2C)c1. The number of hydrogen-bond acceptors (Lipinski definition) is 4. The number of nitrogens with zero attached hydrogens (tertiary/aromatic N) is 2. The van der Waals surface area contributed by atoms with E-state index >= 15 is 0 Å². The minimum absolute atomic E-state index is 0.132. The smallest absolute Gasteiger partial charge is 0.278 e. The lowest BCUT2D eigenvalue weighted by molar-refractivity contribution is -0.113. The van der Waals surface area contributed by atoms with Crippen LogP contribution in [0.3, 0.4) is 0 Å².